The number of rotatable bonds is 6. The lowest BCUT2D eigenvalue weighted by Crippen LogP contribution is -2.26. The van der Waals surface area contributed by atoms with Crippen molar-refractivity contribution in [2.75, 3.05) is 25.5 Å². The smallest absolute Gasteiger partial charge is 0.328 e. The van der Waals surface area contributed by atoms with Gasteiger partial charge in [0.2, 0.25) is 5.91 Å². The van der Waals surface area contributed by atoms with Crippen molar-refractivity contribution >= 4 is 23.6 Å². The van der Waals surface area contributed by atoms with Crippen molar-refractivity contribution in [2.45, 2.75) is 13.3 Å². The second kappa shape index (κ2) is 7.33. The largest absolute Gasteiger partial charge is 0.478 e. The molecule has 1 rings (SSSR count). The van der Waals surface area contributed by atoms with Gasteiger partial charge in [-0.2, -0.15) is 0 Å². The number of nitrogens with zero attached hydrogens (tertiary/aromatic N) is 1. The fraction of sp³-hybridized carbons (Fsp3) is 0.333. The number of aliphatic carboxylic acids is 1. The first-order chi connectivity index (χ1) is 9.43. The molecule has 0 unspecified atom stereocenters. The van der Waals surface area contributed by atoms with Gasteiger partial charge < -0.3 is 15.3 Å². The van der Waals surface area contributed by atoms with Crippen molar-refractivity contribution in [3.63, 3.8) is 0 Å². The van der Waals surface area contributed by atoms with Crippen LogP contribution >= 0.6 is 0 Å². The quantitative estimate of drug-likeness (QED) is 0.775. The molecule has 5 heteroatoms. The maximum absolute atomic E-state index is 11.2. The van der Waals surface area contributed by atoms with E-state index in [2.05, 4.69) is 5.32 Å². The molecule has 0 radical (unpaired) electrons. The highest BCUT2D eigenvalue weighted by Gasteiger charge is 2.05. The lowest BCUT2D eigenvalue weighted by Gasteiger charge is -2.20. The van der Waals surface area contributed by atoms with Gasteiger partial charge in [0.05, 0.1) is 0 Å². The van der Waals surface area contributed by atoms with Gasteiger partial charge in [0.25, 0.3) is 0 Å². The molecule has 0 aromatic heterocycles. The molecule has 0 spiro atoms. The highest BCUT2D eigenvalue weighted by molar-refractivity contribution is 5.85. The Morgan fingerprint density at radius 1 is 1.40 bits per heavy atom. The minimum Gasteiger partial charge on any atom is -0.478 e. The molecular weight excluding hydrogens is 256 g/mol. The van der Waals surface area contributed by atoms with Gasteiger partial charge >= 0.3 is 5.97 Å². The summed E-state index contributed by atoms with van der Waals surface area (Å²) in [4.78, 5) is 23.7. The average Bonchev–Trinajstić information content (AvgIpc) is 2.42. The number of hydrogen-bond acceptors (Lipinski definition) is 3. The van der Waals surface area contributed by atoms with E-state index in [4.69, 9.17) is 5.11 Å². The van der Waals surface area contributed by atoms with Crippen LogP contribution in [-0.2, 0) is 9.59 Å². The van der Waals surface area contributed by atoms with E-state index in [1.807, 2.05) is 37.1 Å². The number of nitrogens with one attached hydrogen (secondary N) is 1. The molecular formula is C15H20N2O3. The van der Waals surface area contributed by atoms with Crippen molar-refractivity contribution < 1.29 is 14.7 Å². The standard InChI is InChI=1S/C15H20N2O3/c1-11-10-13(17(3)9-8-14(18)16-2)6-4-12(11)5-7-15(19)20/h4-7,10H,8-9H2,1-3H3,(H,16,18)(H,19,20)/b7-5+. The second-order valence-corrected chi connectivity index (χ2v) is 4.56. The molecule has 108 valence electrons. The number of anilines is 1. The maximum atomic E-state index is 11.2. The Morgan fingerprint density at radius 2 is 2.10 bits per heavy atom. The number of carboxylic acid groups (broad SMARTS) is 1. The van der Waals surface area contributed by atoms with Crippen molar-refractivity contribution in [1.29, 1.82) is 0 Å². The molecule has 1 aromatic rings. The lowest BCUT2D eigenvalue weighted by molar-refractivity contribution is -0.131. The van der Waals surface area contributed by atoms with Crippen LogP contribution in [0.15, 0.2) is 24.3 Å². The number of benzene rings is 1. The van der Waals surface area contributed by atoms with E-state index >= 15 is 0 Å². The molecule has 0 saturated carbocycles. The summed E-state index contributed by atoms with van der Waals surface area (Å²) in [7, 11) is 3.54. The monoisotopic (exact) mass is 276 g/mol. The third-order valence-corrected chi connectivity index (χ3v) is 3.05. The van der Waals surface area contributed by atoms with Gasteiger partial charge in [-0.1, -0.05) is 6.07 Å². The number of carboxylic acids is 1. The van der Waals surface area contributed by atoms with Crippen molar-refractivity contribution in [3.8, 4) is 0 Å². The molecule has 0 heterocycles. The van der Waals surface area contributed by atoms with Crippen LogP contribution in [0.3, 0.4) is 0 Å². The zero-order valence-electron chi connectivity index (χ0n) is 12.0. The first-order valence-corrected chi connectivity index (χ1v) is 6.37. The van der Waals surface area contributed by atoms with E-state index in [1.54, 1.807) is 13.1 Å². The van der Waals surface area contributed by atoms with Gasteiger partial charge in [-0.05, 0) is 36.3 Å². The molecule has 0 aliphatic heterocycles. The van der Waals surface area contributed by atoms with E-state index in [-0.39, 0.29) is 5.91 Å². The Hall–Kier alpha value is -2.30. The molecule has 1 amide bonds. The Labute approximate surface area is 118 Å². The summed E-state index contributed by atoms with van der Waals surface area (Å²) in [5.41, 5.74) is 2.86. The summed E-state index contributed by atoms with van der Waals surface area (Å²) in [6, 6.07) is 5.77. The summed E-state index contributed by atoms with van der Waals surface area (Å²) in [6.45, 7) is 2.56. The first-order valence-electron chi connectivity index (χ1n) is 6.37. The second-order valence-electron chi connectivity index (χ2n) is 4.56. The molecule has 0 saturated heterocycles. The summed E-state index contributed by atoms with van der Waals surface area (Å²) in [6.07, 6.45) is 3.13. The molecule has 0 aliphatic rings. The van der Waals surface area contributed by atoms with Crippen LogP contribution < -0.4 is 10.2 Å². The first kappa shape index (κ1) is 15.8. The number of carbonyl (C=O) groups excluding carboxylic acids is 1. The summed E-state index contributed by atoms with van der Waals surface area (Å²) in [5.74, 6) is -0.953. The normalized spacial score (nSPS) is 10.6. The summed E-state index contributed by atoms with van der Waals surface area (Å²) in [5, 5.41) is 11.2. The Kier molecular flexibility index (Phi) is 5.77. The molecule has 0 atom stereocenters. The molecule has 0 fully saturated rings. The van der Waals surface area contributed by atoms with Crippen LogP contribution in [0.5, 0.6) is 0 Å². The van der Waals surface area contributed by atoms with Crippen LogP contribution in [-0.4, -0.2) is 37.6 Å². The fourth-order valence-corrected chi connectivity index (χ4v) is 1.77. The number of carbonyl (C=O) groups is 2. The van der Waals surface area contributed by atoms with Crippen molar-refractivity contribution in [2.24, 2.45) is 0 Å². The SMILES string of the molecule is CNC(=O)CCN(C)c1ccc(/C=C/C(=O)O)c(C)c1. The third kappa shape index (κ3) is 4.76. The van der Waals surface area contributed by atoms with Crippen molar-refractivity contribution in [1.82, 2.24) is 5.32 Å². The van der Waals surface area contributed by atoms with Crippen LogP contribution in [0.25, 0.3) is 6.08 Å². The summed E-state index contributed by atoms with van der Waals surface area (Å²) < 4.78 is 0. The minimum absolute atomic E-state index is 0.00887. The van der Waals surface area contributed by atoms with Gasteiger partial charge in [-0.3, -0.25) is 4.79 Å². The van der Waals surface area contributed by atoms with Gasteiger partial charge in [-0.15, -0.1) is 0 Å². The zero-order valence-corrected chi connectivity index (χ0v) is 12.0. The molecule has 20 heavy (non-hydrogen) atoms. The van der Waals surface area contributed by atoms with E-state index < -0.39 is 5.97 Å². The van der Waals surface area contributed by atoms with E-state index in [1.165, 1.54) is 0 Å². The number of amides is 1. The minimum atomic E-state index is -0.962. The zero-order chi connectivity index (χ0) is 15.1. The van der Waals surface area contributed by atoms with Crippen LogP contribution in [0.1, 0.15) is 17.5 Å². The van der Waals surface area contributed by atoms with E-state index in [0.29, 0.717) is 13.0 Å². The van der Waals surface area contributed by atoms with Gasteiger partial charge in [0.15, 0.2) is 0 Å². The fourth-order valence-electron chi connectivity index (χ4n) is 1.77. The topological polar surface area (TPSA) is 69.6 Å². The Balaban J connectivity index is 2.76. The predicted molar refractivity (Wildman–Crippen MR) is 79.8 cm³/mol. The van der Waals surface area contributed by atoms with Gasteiger partial charge in [0, 0.05) is 38.8 Å². The molecule has 0 aliphatic carbocycles. The van der Waals surface area contributed by atoms with E-state index in [0.717, 1.165) is 22.9 Å². The lowest BCUT2D eigenvalue weighted by atomic mass is 10.1. The highest BCUT2D eigenvalue weighted by atomic mass is 16.4. The Morgan fingerprint density at radius 3 is 2.65 bits per heavy atom. The molecule has 0 bridgehead atoms. The third-order valence-electron chi connectivity index (χ3n) is 3.05. The molecule has 2 N–H and O–H groups in total. The molecule has 5 nitrogen and oxygen atoms in total. The number of hydrogen-bond donors (Lipinski definition) is 2. The van der Waals surface area contributed by atoms with Crippen LogP contribution in [0.4, 0.5) is 5.69 Å². The highest BCUT2D eigenvalue weighted by Crippen LogP contribution is 2.19. The Bertz CT molecular complexity index is 524. The number of aryl methyl sites for hydroxylation is 1. The van der Waals surface area contributed by atoms with Crippen LogP contribution in [0.2, 0.25) is 0 Å². The summed E-state index contributed by atoms with van der Waals surface area (Å²) >= 11 is 0. The van der Waals surface area contributed by atoms with Crippen molar-refractivity contribution in [3.05, 3.63) is 35.4 Å². The van der Waals surface area contributed by atoms with Gasteiger partial charge in [0.1, 0.15) is 0 Å². The maximum Gasteiger partial charge on any atom is 0.328 e. The van der Waals surface area contributed by atoms with Gasteiger partial charge in [-0.25, -0.2) is 4.79 Å². The van der Waals surface area contributed by atoms with E-state index in [9.17, 15) is 9.59 Å². The van der Waals surface area contributed by atoms with Crippen LogP contribution in [0, 0.1) is 6.92 Å². The predicted octanol–water partition coefficient (Wildman–Crippen LogP) is 1.67. The molecule has 1 aromatic carbocycles. The average molecular weight is 276 g/mol.